The fraction of sp³-hybridized carbons (Fsp3) is 0.462. The highest BCUT2D eigenvalue weighted by Crippen LogP contribution is 2.36. The van der Waals surface area contributed by atoms with Crippen LogP contribution in [0.25, 0.3) is 0 Å². The average molecular weight is 425 g/mol. The summed E-state index contributed by atoms with van der Waals surface area (Å²) in [7, 11) is 0. The molecule has 1 saturated heterocycles. The van der Waals surface area contributed by atoms with Crippen molar-refractivity contribution in [2.24, 2.45) is 0 Å². The smallest absolute Gasteiger partial charge is 0.163 e. The summed E-state index contributed by atoms with van der Waals surface area (Å²) in [5, 5.41) is 11.1. The summed E-state index contributed by atoms with van der Waals surface area (Å²) in [6.45, 7) is 20.6. The van der Waals surface area contributed by atoms with Gasteiger partial charge >= 0.3 is 0 Å². The van der Waals surface area contributed by atoms with Gasteiger partial charge in [0.15, 0.2) is 5.60 Å². The van der Waals surface area contributed by atoms with E-state index in [0.717, 1.165) is 51.7 Å². The average Bonchev–Trinajstić information content (AvgIpc) is 3.20. The molecule has 3 rings (SSSR count). The highest BCUT2D eigenvalue weighted by molar-refractivity contribution is 5.35. The molecule has 0 radical (unpaired) electrons. The predicted molar refractivity (Wildman–Crippen MR) is 125 cm³/mol. The maximum atomic E-state index is 11.1. The number of aliphatic hydroxyl groups is 1. The quantitative estimate of drug-likeness (QED) is 0.578. The van der Waals surface area contributed by atoms with Crippen molar-refractivity contribution in [1.82, 2.24) is 9.80 Å². The minimum absolute atomic E-state index is 0.478. The Labute approximate surface area is 186 Å². The Morgan fingerprint density at radius 3 is 2.45 bits per heavy atom. The zero-order valence-electron chi connectivity index (χ0n) is 19.2. The number of morpholine rings is 1. The fourth-order valence-electron chi connectivity index (χ4n) is 4.05. The highest BCUT2D eigenvalue weighted by Gasteiger charge is 2.35. The van der Waals surface area contributed by atoms with Crippen molar-refractivity contribution in [2.45, 2.75) is 39.5 Å². The number of benzene rings is 1. The molecule has 1 aromatic carbocycles. The normalized spacial score (nSPS) is 15.4. The number of aryl methyl sites for hydroxylation is 1. The second-order valence-corrected chi connectivity index (χ2v) is 8.69. The summed E-state index contributed by atoms with van der Waals surface area (Å²) >= 11 is 0. The summed E-state index contributed by atoms with van der Waals surface area (Å²) in [5.41, 5.74) is 2.41. The molecule has 168 valence electrons. The van der Waals surface area contributed by atoms with Gasteiger partial charge in [-0.1, -0.05) is 43.0 Å². The van der Waals surface area contributed by atoms with Crippen molar-refractivity contribution in [1.29, 1.82) is 0 Å². The van der Waals surface area contributed by atoms with Crippen molar-refractivity contribution in [3.8, 4) is 0 Å². The molecule has 0 amide bonds. The van der Waals surface area contributed by atoms with E-state index in [1.165, 1.54) is 11.1 Å². The zero-order valence-corrected chi connectivity index (χ0v) is 19.2. The second-order valence-electron chi connectivity index (χ2n) is 8.69. The number of furan rings is 1. The van der Waals surface area contributed by atoms with Gasteiger partial charge < -0.3 is 14.3 Å². The molecule has 2 aromatic rings. The number of hydrogen-bond acceptors (Lipinski definition) is 5. The topological polar surface area (TPSA) is 49.1 Å². The second kappa shape index (κ2) is 10.4. The molecule has 0 saturated carbocycles. The summed E-state index contributed by atoms with van der Waals surface area (Å²) in [6.07, 6.45) is 0. The Balaban J connectivity index is 1.75. The highest BCUT2D eigenvalue weighted by atomic mass is 16.5. The number of nitrogens with zero attached hydrogens (tertiary/aromatic N) is 2. The van der Waals surface area contributed by atoms with Crippen molar-refractivity contribution in [3.63, 3.8) is 0 Å². The third kappa shape index (κ3) is 5.95. The van der Waals surface area contributed by atoms with Gasteiger partial charge in [0.25, 0.3) is 0 Å². The lowest BCUT2D eigenvalue weighted by molar-refractivity contribution is 0.0319. The Bertz CT molecular complexity index is 882. The van der Waals surface area contributed by atoms with Crippen LogP contribution in [0.1, 0.15) is 36.5 Å². The molecule has 1 N–H and O–H groups in total. The van der Waals surface area contributed by atoms with Crippen LogP contribution in [0, 0.1) is 6.92 Å². The van der Waals surface area contributed by atoms with Crippen LogP contribution in [0.2, 0.25) is 0 Å². The minimum Gasteiger partial charge on any atom is -0.461 e. The van der Waals surface area contributed by atoms with Gasteiger partial charge in [0.1, 0.15) is 11.5 Å². The number of hydrogen-bond donors (Lipinski definition) is 1. The van der Waals surface area contributed by atoms with Crippen LogP contribution in [0.4, 0.5) is 0 Å². The molecule has 0 bridgehead atoms. The molecular formula is C26H36N2O3. The minimum atomic E-state index is -1.34. The molecule has 1 fully saturated rings. The summed E-state index contributed by atoms with van der Waals surface area (Å²) in [5.74, 6) is 1.30. The SMILES string of the molecule is C=C(C)C(O)(C(=C)C)c1ccc(CN(CCN2CCOCC2)Cc2cccc(C)c2)o1. The third-order valence-electron chi connectivity index (χ3n) is 5.96. The molecule has 0 spiro atoms. The van der Waals surface area contributed by atoms with Gasteiger partial charge in [-0.05, 0) is 49.6 Å². The van der Waals surface area contributed by atoms with E-state index in [1.807, 2.05) is 12.1 Å². The third-order valence-corrected chi connectivity index (χ3v) is 5.96. The van der Waals surface area contributed by atoms with E-state index in [-0.39, 0.29) is 0 Å². The number of ether oxygens (including phenoxy) is 1. The molecule has 31 heavy (non-hydrogen) atoms. The van der Waals surface area contributed by atoms with Crippen LogP contribution >= 0.6 is 0 Å². The molecule has 2 heterocycles. The van der Waals surface area contributed by atoms with Crippen LogP contribution in [0.3, 0.4) is 0 Å². The zero-order chi connectivity index (χ0) is 22.4. The van der Waals surface area contributed by atoms with E-state index in [1.54, 1.807) is 13.8 Å². The van der Waals surface area contributed by atoms with E-state index in [9.17, 15) is 5.11 Å². The van der Waals surface area contributed by atoms with Crippen LogP contribution < -0.4 is 0 Å². The molecule has 0 aliphatic carbocycles. The Kier molecular flexibility index (Phi) is 7.89. The van der Waals surface area contributed by atoms with Gasteiger partial charge in [-0.15, -0.1) is 0 Å². The van der Waals surface area contributed by atoms with Crippen molar-refractivity contribution < 1.29 is 14.3 Å². The summed E-state index contributed by atoms with van der Waals surface area (Å²) < 4.78 is 11.6. The maximum absolute atomic E-state index is 11.1. The van der Waals surface area contributed by atoms with Crippen LogP contribution in [-0.2, 0) is 23.4 Å². The van der Waals surface area contributed by atoms with E-state index in [4.69, 9.17) is 9.15 Å². The maximum Gasteiger partial charge on any atom is 0.163 e. The van der Waals surface area contributed by atoms with Crippen molar-refractivity contribution >= 4 is 0 Å². The standard InChI is InChI=1S/C26H36N2O3/c1-20(2)26(29,21(3)4)25-10-9-24(31-25)19-28(12-11-27-13-15-30-16-14-27)18-23-8-6-7-22(5)17-23/h6-10,17,29H,1,3,11-16,18-19H2,2,4-5H3. The van der Waals surface area contributed by atoms with Gasteiger partial charge in [0.05, 0.1) is 19.8 Å². The van der Waals surface area contributed by atoms with E-state index in [0.29, 0.717) is 23.5 Å². The van der Waals surface area contributed by atoms with Gasteiger partial charge in [-0.3, -0.25) is 9.80 Å². The van der Waals surface area contributed by atoms with Crippen LogP contribution in [-0.4, -0.2) is 54.3 Å². The lowest BCUT2D eigenvalue weighted by Gasteiger charge is -2.30. The van der Waals surface area contributed by atoms with Crippen LogP contribution in [0.15, 0.2) is 65.1 Å². The molecule has 0 unspecified atom stereocenters. The molecule has 1 aromatic heterocycles. The Hall–Kier alpha value is -2.18. The molecule has 0 atom stereocenters. The van der Waals surface area contributed by atoms with Gasteiger partial charge in [-0.25, -0.2) is 0 Å². The van der Waals surface area contributed by atoms with Crippen molar-refractivity contribution in [3.05, 3.63) is 83.3 Å². The Morgan fingerprint density at radius 2 is 1.81 bits per heavy atom. The van der Waals surface area contributed by atoms with Crippen LogP contribution in [0.5, 0.6) is 0 Å². The first-order valence-corrected chi connectivity index (χ1v) is 11.0. The summed E-state index contributed by atoms with van der Waals surface area (Å²) in [4.78, 5) is 4.84. The van der Waals surface area contributed by atoms with E-state index >= 15 is 0 Å². The first-order chi connectivity index (χ1) is 14.8. The molecule has 5 heteroatoms. The molecule has 5 nitrogen and oxygen atoms in total. The monoisotopic (exact) mass is 424 g/mol. The lowest BCUT2D eigenvalue weighted by atomic mass is 9.87. The molecule has 1 aliphatic heterocycles. The van der Waals surface area contributed by atoms with Gasteiger partial charge in [0.2, 0.25) is 0 Å². The first-order valence-electron chi connectivity index (χ1n) is 11.0. The Morgan fingerprint density at radius 1 is 1.10 bits per heavy atom. The summed E-state index contributed by atoms with van der Waals surface area (Å²) in [6, 6.07) is 12.4. The fourth-order valence-corrected chi connectivity index (χ4v) is 4.05. The number of rotatable bonds is 10. The largest absolute Gasteiger partial charge is 0.461 e. The van der Waals surface area contributed by atoms with Gasteiger partial charge in [0, 0.05) is 32.7 Å². The lowest BCUT2D eigenvalue weighted by Crippen LogP contribution is -2.41. The predicted octanol–water partition coefficient (Wildman–Crippen LogP) is 4.26. The van der Waals surface area contributed by atoms with Crippen molar-refractivity contribution in [2.75, 3.05) is 39.4 Å². The molecular weight excluding hydrogens is 388 g/mol. The van der Waals surface area contributed by atoms with Gasteiger partial charge in [-0.2, -0.15) is 0 Å². The first kappa shape index (κ1) is 23.5. The van der Waals surface area contributed by atoms with E-state index < -0.39 is 5.60 Å². The molecule has 1 aliphatic rings. The van der Waals surface area contributed by atoms with E-state index in [2.05, 4.69) is 54.1 Å².